The van der Waals surface area contributed by atoms with Gasteiger partial charge in [0.15, 0.2) is 5.82 Å². The minimum absolute atomic E-state index is 0.120. The fourth-order valence-electron chi connectivity index (χ4n) is 2.50. The molecule has 8 nitrogen and oxygen atoms in total. The minimum atomic E-state index is -0.228. The third kappa shape index (κ3) is 2.77. The van der Waals surface area contributed by atoms with E-state index in [1.54, 1.807) is 11.8 Å². The van der Waals surface area contributed by atoms with E-state index in [9.17, 15) is 9.59 Å². The summed E-state index contributed by atoms with van der Waals surface area (Å²) in [5.74, 6) is 0.969. The van der Waals surface area contributed by atoms with Gasteiger partial charge >= 0.3 is 0 Å². The Labute approximate surface area is 126 Å². The summed E-state index contributed by atoms with van der Waals surface area (Å²) in [5.41, 5.74) is 0.235. The van der Waals surface area contributed by atoms with Crippen LogP contribution in [0.15, 0.2) is 27.6 Å². The second-order valence-electron chi connectivity index (χ2n) is 5.37. The first-order chi connectivity index (χ1) is 10.5. The number of piperazine rings is 1. The van der Waals surface area contributed by atoms with Crippen molar-refractivity contribution < 1.29 is 9.32 Å². The van der Waals surface area contributed by atoms with Gasteiger partial charge < -0.3 is 14.4 Å². The van der Waals surface area contributed by atoms with Crippen LogP contribution >= 0.6 is 0 Å². The Balaban J connectivity index is 1.79. The number of H-pyrrole nitrogens is 1. The minimum Gasteiger partial charge on any atom is -0.338 e. The molecular formula is C14H17N5O3. The molecule has 1 saturated heterocycles. The lowest BCUT2D eigenvalue weighted by Gasteiger charge is -2.37. The van der Waals surface area contributed by atoms with Crippen LogP contribution in [0.4, 0.5) is 0 Å². The molecule has 1 aliphatic heterocycles. The monoisotopic (exact) mass is 303 g/mol. The van der Waals surface area contributed by atoms with Crippen molar-refractivity contribution in [3.8, 4) is 0 Å². The van der Waals surface area contributed by atoms with E-state index >= 15 is 0 Å². The van der Waals surface area contributed by atoms with Crippen molar-refractivity contribution in [2.45, 2.75) is 13.0 Å². The predicted octanol–water partition coefficient (Wildman–Crippen LogP) is 0.195. The molecule has 3 rings (SSSR count). The third-order valence-electron chi connectivity index (χ3n) is 3.79. The Morgan fingerprint density at radius 1 is 1.41 bits per heavy atom. The topological polar surface area (TPSA) is 95.3 Å². The summed E-state index contributed by atoms with van der Waals surface area (Å²) in [6.07, 6.45) is 1.44. The van der Waals surface area contributed by atoms with Gasteiger partial charge in [-0.2, -0.15) is 4.98 Å². The number of carbonyl (C=O) groups is 1. The summed E-state index contributed by atoms with van der Waals surface area (Å²) in [6, 6.07) is 2.76. The summed E-state index contributed by atoms with van der Waals surface area (Å²) in [6.45, 7) is 3.55. The fourth-order valence-corrected chi connectivity index (χ4v) is 2.50. The Morgan fingerprint density at radius 3 is 2.86 bits per heavy atom. The highest BCUT2D eigenvalue weighted by Gasteiger charge is 2.32. The zero-order valence-corrected chi connectivity index (χ0v) is 12.4. The SMILES string of the molecule is Cc1noc([C@@H]2CN(C(=O)c3ccc(=O)[nH]c3)CCN2C)n1. The largest absolute Gasteiger partial charge is 0.338 e. The van der Waals surface area contributed by atoms with Crippen molar-refractivity contribution in [1.82, 2.24) is 24.9 Å². The van der Waals surface area contributed by atoms with Gasteiger partial charge in [0.1, 0.15) is 6.04 Å². The number of pyridine rings is 1. The Bertz CT molecular complexity index is 718. The number of hydrogen-bond acceptors (Lipinski definition) is 6. The average molecular weight is 303 g/mol. The van der Waals surface area contributed by atoms with E-state index in [1.807, 2.05) is 7.05 Å². The molecule has 8 heteroatoms. The van der Waals surface area contributed by atoms with Crippen LogP contribution in [0.25, 0.3) is 0 Å². The maximum atomic E-state index is 12.5. The van der Waals surface area contributed by atoms with Gasteiger partial charge in [0, 0.05) is 31.9 Å². The molecule has 1 amide bonds. The molecule has 22 heavy (non-hydrogen) atoms. The van der Waals surface area contributed by atoms with Gasteiger partial charge in [0.2, 0.25) is 11.4 Å². The number of aromatic nitrogens is 3. The number of nitrogens with zero attached hydrogens (tertiary/aromatic N) is 4. The van der Waals surface area contributed by atoms with Gasteiger partial charge in [-0.15, -0.1) is 0 Å². The number of hydrogen-bond donors (Lipinski definition) is 1. The fraction of sp³-hybridized carbons (Fsp3) is 0.429. The van der Waals surface area contributed by atoms with E-state index < -0.39 is 0 Å². The van der Waals surface area contributed by atoms with Crippen molar-refractivity contribution in [2.24, 2.45) is 0 Å². The maximum absolute atomic E-state index is 12.5. The van der Waals surface area contributed by atoms with E-state index in [-0.39, 0.29) is 17.5 Å². The van der Waals surface area contributed by atoms with E-state index in [0.29, 0.717) is 36.9 Å². The number of aryl methyl sites for hydroxylation is 1. The standard InChI is InChI=1S/C14H17N5O3/c1-9-16-13(22-17-9)11-8-19(6-5-18(11)2)14(21)10-3-4-12(20)15-7-10/h3-4,7,11H,5-6,8H2,1-2H3,(H,15,20)/t11-/m0/s1. The first-order valence-electron chi connectivity index (χ1n) is 7.03. The molecule has 0 aromatic carbocycles. The van der Waals surface area contributed by atoms with E-state index in [2.05, 4.69) is 20.0 Å². The van der Waals surface area contributed by atoms with Crippen molar-refractivity contribution in [1.29, 1.82) is 0 Å². The lowest BCUT2D eigenvalue weighted by Crippen LogP contribution is -2.49. The van der Waals surface area contributed by atoms with Crippen LogP contribution in [0.1, 0.15) is 28.1 Å². The van der Waals surface area contributed by atoms with Gasteiger partial charge in [-0.3, -0.25) is 14.5 Å². The van der Waals surface area contributed by atoms with Gasteiger partial charge in [-0.25, -0.2) is 0 Å². The summed E-state index contributed by atoms with van der Waals surface area (Å²) >= 11 is 0. The highest BCUT2D eigenvalue weighted by atomic mass is 16.5. The number of amides is 1. The van der Waals surface area contributed by atoms with Gasteiger partial charge in [0.25, 0.3) is 5.91 Å². The van der Waals surface area contributed by atoms with Crippen LogP contribution in [0, 0.1) is 6.92 Å². The molecule has 1 atom stereocenters. The number of aromatic amines is 1. The van der Waals surface area contributed by atoms with Crippen molar-refractivity contribution in [3.63, 3.8) is 0 Å². The summed E-state index contributed by atoms with van der Waals surface area (Å²) in [5, 5.41) is 3.81. The molecule has 3 heterocycles. The lowest BCUT2D eigenvalue weighted by molar-refractivity contribution is 0.0488. The first-order valence-corrected chi connectivity index (χ1v) is 7.03. The molecular weight excluding hydrogens is 286 g/mol. The first kappa shape index (κ1) is 14.5. The lowest BCUT2D eigenvalue weighted by atomic mass is 10.1. The van der Waals surface area contributed by atoms with Crippen LogP contribution in [0.3, 0.4) is 0 Å². The molecule has 0 spiro atoms. The molecule has 1 fully saturated rings. The summed E-state index contributed by atoms with van der Waals surface area (Å²) in [7, 11) is 1.96. The zero-order chi connectivity index (χ0) is 15.7. The number of rotatable bonds is 2. The number of carbonyl (C=O) groups excluding carboxylic acids is 1. The van der Waals surface area contributed by atoms with Crippen LogP contribution in [0.2, 0.25) is 0 Å². The van der Waals surface area contributed by atoms with Gasteiger partial charge in [0.05, 0.1) is 5.56 Å². The molecule has 0 unspecified atom stereocenters. The molecule has 2 aromatic heterocycles. The Morgan fingerprint density at radius 2 is 2.23 bits per heavy atom. The second kappa shape index (κ2) is 5.72. The molecule has 0 saturated carbocycles. The molecule has 0 aliphatic carbocycles. The highest BCUT2D eigenvalue weighted by molar-refractivity contribution is 5.93. The van der Waals surface area contributed by atoms with Crippen molar-refractivity contribution in [2.75, 3.05) is 26.7 Å². The summed E-state index contributed by atoms with van der Waals surface area (Å²) in [4.78, 5) is 34.2. The van der Waals surface area contributed by atoms with E-state index in [1.165, 1.54) is 18.3 Å². The molecule has 2 aromatic rings. The maximum Gasteiger partial charge on any atom is 0.255 e. The van der Waals surface area contributed by atoms with Crippen LogP contribution in [-0.2, 0) is 0 Å². The average Bonchev–Trinajstić information content (AvgIpc) is 2.94. The number of likely N-dealkylation sites (N-methyl/N-ethyl adjacent to an activating group) is 1. The van der Waals surface area contributed by atoms with E-state index in [4.69, 9.17) is 4.52 Å². The third-order valence-corrected chi connectivity index (χ3v) is 3.79. The normalized spacial score (nSPS) is 19.4. The van der Waals surface area contributed by atoms with Crippen molar-refractivity contribution in [3.05, 3.63) is 46.0 Å². The van der Waals surface area contributed by atoms with E-state index in [0.717, 1.165) is 0 Å². The van der Waals surface area contributed by atoms with Crippen LogP contribution < -0.4 is 5.56 Å². The highest BCUT2D eigenvalue weighted by Crippen LogP contribution is 2.23. The number of nitrogens with one attached hydrogen (secondary N) is 1. The zero-order valence-electron chi connectivity index (χ0n) is 12.4. The smallest absolute Gasteiger partial charge is 0.255 e. The molecule has 0 bridgehead atoms. The Kier molecular flexibility index (Phi) is 3.76. The van der Waals surface area contributed by atoms with Crippen LogP contribution in [-0.4, -0.2) is 57.5 Å². The Hall–Kier alpha value is -2.48. The molecule has 1 N–H and O–H groups in total. The predicted molar refractivity (Wildman–Crippen MR) is 77.4 cm³/mol. The summed E-state index contributed by atoms with van der Waals surface area (Å²) < 4.78 is 5.24. The quantitative estimate of drug-likeness (QED) is 0.851. The molecule has 1 aliphatic rings. The second-order valence-corrected chi connectivity index (χ2v) is 5.37. The molecule has 116 valence electrons. The molecule has 0 radical (unpaired) electrons. The van der Waals surface area contributed by atoms with Gasteiger partial charge in [-0.05, 0) is 20.0 Å². The van der Waals surface area contributed by atoms with Crippen LogP contribution in [0.5, 0.6) is 0 Å². The van der Waals surface area contributed by atoms with Gasteiger partial charge in [-0.1, -0.05) is 5.16 Å². The van der Waals surface area contributed by atoms with Crippen molar-refractivity contribution >= 4 is 5.91 Å².